The monoisotopic (exact) mass is 395 g/mol. The fourth-order valence-corrected chi connectivity index (χ4v) is 3.57. The average molecular weight is 396 g/mol. The Morgan fingerprint density at radius 2 is 1.86 bits per heavy atom. The van der Waals surface area contributed by atoms with Crippen LogP contribution in [0.3, 0.4) is 0 Å². The molecule has 1 saturated heterocycles. The predicted octanol–water partition coefficient (Wildman–Crippen LogP) is 4.56. The number of Topliss-reactive ketones (excluding diaryl/α,β-unsaturated/α-hetero) is 1. The van der Waals surface area contributed by atoms with Gasteiger partial charge in [-0.1, -0.05) is 35.6 Å². The number of ketones is 1. The lowest BCUT2D eigenvalue weighted by Crippen LogP contribution is -2.38. The van der Waals surface area contributed by atoms with Crippen LogP contribution in [-0.4, -0.2) is 34.5 Å². The quantitative estimate of drug-likeness (QED) is 0.609. The Labute approximate surface area is 172 Å². The fourth-order valence-electron chi connectivity index (χ4n) is 3.44. The van der Waals surface area contributed by atoms with Gasteiger partial charge in [0.2, 0.25) is 0 Å². The van der Waals surface area contributed by atoms with Crippen LogP contribution < -0.4 is 0 Å². The van der Waals surface area contributed by atoms with E-state index in [1.54, 1.807) is 26.0 Å². The van der Waals surface area contributed by atoms with Crippen molar-refractivity contribution in [3.05, 3.63) is 70.2 Å². The first-order valence-corrected chi connectivity index (χ1v) is 10.0. The highest BCUT2D eigenvalue weighted by atomic mass is 35.5. The maximum atomic E-state index is 12.8. The molecule has 4 heteroatoms. The summed E-state index contributed by atoms with van der Waals surface area (Å²) >= 11 is 5.93. The third kappa shape index (κ3) is 5.94. The highest BCUT2D eigenvalue weighted by Crippen LogP contribution is 2.23. The molecule has 1 N–H and O–H groups in total. The van der Waals surface area contributed by atoms with Crippen molar-refractivity contribution in [3.63, 3.8) is 0 Å². The van der Waals surface area contributed by atoms with Crippen LogP contribution in [0, 0.1) is 17.8 Å². The zero-order valence-corrected chi connectivity index (χ0v) is 17.2. The van der Waals surface area contributed by atoms with E-state index < -0.39 is 5.60 Å². The Bertz CT molecular complexity index is 870. The van der Waals surface area contributed by atoms with E-state index in [9.17, 15) is 9.90 Å². The Balaban J connectivity index is 1.61. The largest absolute Gasteiger partial charge is 0.378 e. The fraction of sp³-hybridized carbons (Fsp3) is 0.375. The van der Waals surface area contributed by atoms with E-state index in [4.69, 9.17) is 11.6 Å². The topological polar surface area (TPSA) is 40.5 Å². The van der Waals surface area contributed by atoms with Gasteiger partial charge in [-0.15, -0.1) is 0 Å². The third-order valence-electron chi connectivity index (χ3n) is 4.88. The molecule has 3 rings (SSSR count). The molecule has 0 radical (unpaired) electrons. The van der Waals surface area contributed by atoms with Crippen molar-refractivity contribution in [2.75, 3.05) is 13.1 Å². The molecule has 1 aliphatic heterocycles. The van der Waals surface area contributed by atoms with Crippen LogP contribution in [0.2, 0.25) is 5.02 Å². The Morgan fingerprint density at radius 3 is 2.50 bits per heavy atom. The summed E-state index contributed by atoms with van der Waals surface area (Å²) in [5, 5.41) is 10.4. The van der Waals surface area contributed by atoms with E-state index >= 15 is 0 Å². The molecule has 0 aliphatic carbocycles. The van der Waals surface area contributed by atoms with Crippen LogP contribution >= 0.6 is 11.6 Å². The molecule has 1 atom stereocenters. The van der Waals surface area contributed by atoms with Crippen LogP contribution in [0.5, 0.6) is 0 Å². The zero-order chi connectivity index (χ0) is 20.1. The molecule has 1 fully saturated rings. The van der Waals surface area contributed by atoms with Gasteiger partial charge in [-0.25, -0.2) is 0 Å². The van der Waals surface area contributed by atoms with Crippen LogP contribution in [0.25, 0.3) is 0 Å². The summed E-state index contributed by atoms with van der Waals surface area (Å²) in [6.45, 7) is 5.95. The van der Waals surface area contributed by atoms with E-state index in [-0.39, 0.29) is 11.7 Å². The lowest BCUT2D eigenvalue weighted by molar-refractivity contribution is 0.0811. The molecule has 28 heavy (non-hydrogen) atoms. The molecule has 0 bridgehead atoms. The smallest absolute Gasteiger partial charge is 0.167 e. The lowest BCUT2D eigenvalue weighted by Gasteiger charge is -2.32. The van der Waals surface area contributed by atoms with Gasteiger partial charge in [0.15, 0.2) is 5.78 Å². The van der Waals surface area contributed by atoms with Crippen LogP contribution in [0.4, 0.5) is 0 Å². The van der Waals surface area contributed by atoms with Crippen molar-refractivity contribution in [2.24, 2.45) is 5.92 Å². The van der Waals surface area contributed by atoms with Crippen LogP contribution in [0.15, 0.2) is 48.5 Å². The van der Waals surface area contributed by atoms with E-state index in [2.05, 4.69) is 28.9 Å². The van der Waals surface area contributed by atoms with Gasteiger partial charge in [-0.2, -0.15) is 0 Å². The standard InChI is InChI=1S/C24H26ClNO2/c1-24(2,28)14-13-18-5-7-19(8-6-18)16-26-15-3-4-21(17-26)23(27)20-9-11-22(25)12-10-20/h5-12,21,28H,3-4,15-17H2,1-2H3. The van der Waals surface area contributed by atoms with E-state index in [0.29, 0.717) is 5.02 Å². The minimum Gasteiger partial charge on any atom is -0.378 e. The van der Waals surface area contributed by atoms with Crippen LogP contribution in [-0.2, 0) is 6.54 Å². The number of carbonyl (C=O) groups excluding carboxylic acids is 1. The molecule has 2 aromatic rings. The molecular weight excluding hydrogens is 370 g/mol. The van der Waals surface area contributed by atoms with E-state index in [0.717, 1.165) is 43.6 Å². The number of nitrogens with zero attached hydrogens (tertiary/aromatic N) is 1. The van der Waals surface area contributed by atoms with Crippen molar-refractivity contribution in [1.29, 1.82) is 0 Å². The Kier molecular flexibility index (Phi) is 6.57. The van der Waals surface area contributed by atoms with Gasteiger partial charge in [0.05, 0.1) is 0 Å². The number of halogens is 1. The molecule has 1 aliphatic rings. The minimum atomic E-state index is -0.988. The van der Waals surface area contributed by atoms with E-state index in [1.165, 1.54) is 5.56 Å². The maximum Gasteiger partial charge on any atom is 0.167 e. The highest BCUT2D eigenvalue weighted by molar-refractivity contribution is 6.30. The maximum absolute atomic E-state index is 12.8. The summed E-state index contributed by atoms with van der Waals surface area (Å²) in [7, 11) is 0. The molecule has 2 aromatic carbocycles. The van der Waals surface area contributed by atoms with Gasteiger partial charge in [0, 0.05) is 35.2 Å². The van der Waals surface area contributed by atoms with E-state index in [1.807, 2.05) is 24.3 Å². The van der Waals surface area contributed by atoms with Gasteiger partial charge in [-0.3, -0.25) is 9.69 Å². The number of carbonyl (C=O) groups is 1. The summed E-state index contributed by atoms with van der Waals surface area (Å²) < 4.78 is 0. The number of hydrogen-bond acceptors (Lipinski definition) is 3. The van der Waals surface area contributed by atoms with Gasteiger partial charge in [-0.05, 0) is 75.2 Å². The first kappa shape index (κ1) is 20.6. The molecule has 0 saturated carbocycles. The van der Waals surface area contributed by atoms with Crippen molar-refractivity contribution >= 4 is 17.4 Å². The number of piperidine rings is 1. The van der Waals surface area contributed by atoms with Crippen molar-refractivity contribution in [2.45, 2.75) is 38.8 Å². The molecule has 0 aromatic heterocycles. The second-order valence-corrected chi connectivity index (χ2v) is 8.39. The van der Waals surface area contributed by atoms with Crippen molar-refractivity contribution < 1.29 is 9.90 Å². The molecule has 3 nitrogen and oxygen atoms in total. The third-order valence-corrected chi connectivity index (χ3v) is 5.13. The molecule has 0 amide bonds. The summed E-state index contributed by atoms with van der Waals surface area (Å²) in [5.74, 6) is 6.06. The van der Waals surface area contributed by atoms with Gasteiger partial charge < -0.3 is 5.11 Å². The second kappa shape index (κ2) is 8.92. The summed E-state index contributed by atoms with van der Waals surface area (Å²) in [6.07, 6.45) is 1.96. The number of likely N-dealkylation sites (tertiary alicyclic amines) is 1. The van der Waals surface area contributed by atoms with Crippen LogP contribution in [0.1, 0.15) is 48.2 Å². The number of benzene rings is 2. The summed E-state index contributed by atoms with van der Waals surface area (Å²) in [6, 6.07) is 15.3. The minimum absolute atomic E-state index is 0.0341. The molecule has 1 heterocycles. The molecule has 146 valence electrons. The predicted molar refractivity (Wildman–Crippen MR) is 113 cm³/mol. The summed E-state index contributed by atoms with van der Waals surface area (Å²) in [5.41, 5.74) is 1.85. The highest BCUT2D eigenvalue weighted by Gasteiger charge is 2.26. The second-order valence-electron chi connectivity index (χ2n) is 7.95. The average Bonchev–Trinajstić information content (AvgIpc) is 2.67. The molecular formula is C24H26ClNO2. The lowest BCUT2D eigenvalue weighted by atomic mass is 9.90. The van der Waals surface area contributed by atoms with Gasteiger partial charge in [0.1, 0.15) is 5.60 Å². The number of aliphatic hydroxyl groups is 1. The number of hydrogen-bond donors (Lipinski definition) is 1. The zero-order valence-electron chi connectivity index (χ0n) is 16.4. The summed E-state index contributed by atoms with van der Waals surface area (Å²) in [4.78, 5) is 15.1. The SMILES string of the molecule is CC(C)(O)C#Cc1ccc(CN2CCCC(C(=O)c3ccc(Cl)cc3)C2)cc1. The first-order valence-electron chi connectivity index (χ1n) is 9.67. The van der Waals surface area contributed by atoms with Crippen molar-refractivity contribution in [3.8, 4) is 11.8 Å². The Hall–Kier alpha value is -2.12. The normalized spacial score (nSPS) is 17.6. The molecule has 0 spiro atoms. The molecule has 1 unspecified atom stereocenters. The van der Waals surface area contributed by atoms with Gasteiger partial charge >= 0.3 is 0 Å². The van der Waals surface area contributed by atoms with Crippen molar-refractivity contribution in [1.82, 2.24) is 4.90 Å². The first-order chi connectivity index (χ1) is 13.3. The van der Waals surface area contributed by atoms with Gasteiger partial charge in [0.25, 0.3) is 0 Å². The Morgan fingerprint density at radius 1 is 1.18 bits per heavy atom. The number of rotatable bonds is 4.